The maximum absolute atomic E-state index is 6.00. The van der Waals surface area contributed by atoms with E-state index in [-0.39, 0.29) is 5.25 Å². The lowest BCUT2D eigenvalue weighted by Gasteiger charge is -2.20. The van der Waals surface area contributed by atoms with Gasteiger partial charge in [0.1, 0.15) is 0 Å². The van der Waals surface area contributed by atoms with E-state index >= 15 is 0 Å². The first-order valence-electron chi connectivity index (χ1n) is 7.66. The Morgan fingerprint density at radius 2 is 1.62 bits per heavy atom. The third-order valence-corrected chi connectivity index (χ3v) is 5.23. The molecule has 0 amide bonds. The molecule has 0 saturated carbocycles. The van der Waals surface area contributed by atoms with Crippen molar-refractivity contribution in [1.29, 1.82) is 0 Å². The Morgan fingerprint density at radius 1 is 0.958 bits per heavy atom. The quantitative estimate of drug-likeness (QED) is 0.672. The number of rotatable bonds is 2. The molecule has 1 atom stereocenters. The number of thioether (sulfide) groups is 1. The molecular formula is C18H15ClN4S. The van der Waals surface area contributed by atoms with Crippen molar-refractivity contribution in [3.05, 3.63) is 64.7 Å². The highest BCUT2D eigenvalue weighted by atomic mass is 35.5. The van der Waals surface area contributed by atoms with Gasteiger partial charge in [0.2, 0.25) is 5.16 Å². The van der Waals surface area contributed by atoms with Crippen molar-refractivity contribution in [2.75, 3.05) is 0 Å². The number of aryl methyl sites for hydroxylation is 1. The maximum Gasteiger partial charge on any atom is 0.213 e. The summed E-state index contributed by atoms with van der Waals surface area (Å²) in [5.41, 5.74) is 4.28. The molecule has 0 N–H and O–H groups in total. The number of fused-ring (bicyclic) bond motifs is 1. The van der Waals surface area contributed by atoms with Crippen molar-refractivity contribution in [2.24, 2.45) is 5.10 Å². The van der Waals surface area contributed by atoms with Crippen LogP contribution in [0.2, 0.25) is 5.02 Å². The van der Waals surface area contributed by atoms with E-state index in [0.29, 0.717) is 0 Å². The van der Waals surface area contributed by atoms with Gasteiger partial charge in [0.15, 0.2) is 5.82 Å². The molecule has 1 aromatic heterocycles. The van der Waals surface area contributed by atoms with Gasteiger partial charge >= 0.3 is 0 Å². The summed E-state index contributed by atoms with van der Waals surface area (Å²) in [5.74, 6) is 0.760. The lowest BCUT2D eigenvalue weighted by molar-refractivity contribution is 0.754. The molecule has 1 aliphatic rings. The summed E-state index contributed by atoms with van der Waals surface area (Å²) in [6, 6.07) is 16.0. The second-order valence-electron chi connectivity index (χ2n) is 5.74. The zero-order chi connectivity index (χ0) is 16.7. The second kappa shape index (κ2) is 6.07. The Labute approximate surface area is 149 Å². The van der Waals surface area contributed by atoms with E-state index in [1.165, 1.54) is 5.56 Å². The average Bonchev–Trinajstić information content (AvgIpc) is 2.98. The Bertz CT molecular complexity index is 913. The number of hydrogen-bond donors (Lipinski definition) is 0. The SMILES string of the molecule is Cc1ccc(-c2nnc3n2N=C(c2ccc(Cl)cc2)C(C)S3)cc1. The van der Waals surface area contributed by atoms with Crippen LogP contribution in [0.5, 0.6) is 0 Å². The molecule has 0 bridgehead atoms. The van der Waals surface area contributed by atoms with E-state index in [1.807, 2.05) is 41.1 Å². The van der Waals surface area contributed by atoms with Crippen LogP contribution in [0.25, 0.3) is 11.4 Å². The molecule has 6 heteroatoms. The normalized spacial score (nSPS) is 16.6. The van der Waals surface area contributed by atoms with E-state index in [4.69, 9.17) is 16.7 Å². The highest BCUT2D eigenvalue weighted by Gasteiger charge is 2.26. The fraction of sp³-hybridized carbons (Fsp3) is 0.167. The number of nitrogens with zero attached hydrogens (tertiary/aromatic N) is 4. The lowest BCUT2D eigenvalue weighted by Crippen LogP contribution is -2.21. The van der Waals surface area contributed by atoms with Gasteiger partial charge in [-0.3, -0.25) is 0 Å². The van der Waals surface area contributed by atoms with Gasteiger partial charge in [-0.15, -0.1) is 10.2 Å². The number of benzene rings is 2. The summed E-state index contributed by atoms with van der Waals surface area (Å²) in [7, 11) is 0. The van der Waals surface area contributed by atoms with Gasteiger partial charge in [-0.05, 0) is 31.5 Å². The standard InChI is InChI=1S/C18H15ClN4S/c1-11-3-5-14(6-4-11)17-20-21-18-23(17)22-16(12(2)24-18)13-7-9-15(19)10-8-13/h3-10,12H,1-2H3. The summed E-state index contributed by atoms with van der Waals surface area (Å²) in [4.78, 5) is 0. The number of halogens is 1. The first kappa shape index (κ1) is 15.4. The molecule has 2 heterocycles. The minimum atomic E-state index is 0.203. The van der Waals surface area contributed by atoms with E-state index in [9.17, 15) is 0 Å². The van der Waals surface area contributed by atoms with Crippen molar-refractivity contribution < 1.29 is 0 Å². The molecule has 0 spiro atoms. The third kappa shape index (κ3) is 2.74. The first-order valence-corrected chi connectivity index (χ1v) is 8.91. The molecule has 0 radical (unpaired) electrons. The zero-order valence-electron chi connectivity index (χ0n) is 13.3. The van der Waals surface area contributed by atoms with Gasteiger partial charge in [0, 0.05) is 10.6 Å². The predicted molar refractivity (Wildman–Crippen MR) is 98.9 cm³/mol. The van der Waals surface area contributed by atoms with Crippen LogP contribution < -0.4 is 0 Å². The average molecular weight is 355 g/mol. The molecule has 0 saturated heterocycles. The fourth-order valence-corrected chi connectivity index (χ4v) is 3.68. The molecule has 120 valence electrons. The highest BCUT2D eigenvalue weighted by Crippen LogP contribution is 2.33. The van der Waals surface area contributed by atoms with Gasteiger partial charge in [-0.2, -0.15) is 9.78 Å². The summed E-state index contributed by atoms with van der Waals surface area (Å²) >= 11 is 7.66. The molecule has 2 aromatic carbocycles. The molecular weight excluding hydrogens is 340 g/mol. The van der Waals surface area contributed by atoms with Gasteiger partial charge in [-0.25, -0.2) is 0 Å². The van der Waals surface area contributed by atoms with Crippen LogP contribution in [0, 0.1) is 6.92 Å². The van der Waals surface area contributed by atoms with Crippen molar-refractivity contribution in [2.45, 2.75) is 24.3 Å². The predicted octanol–water partition coefficient (Wildman–Crippen LogP) is 4.65. The monoisotopic (exact) mass is 354 g/mol. The van der Waals surface area contributed by atoms with Crippen LogP contribution in [0.15, 0.2) is 58.8 Å². The smallest absolute Gasteiger partial charge is 0.187 e. The number of hydrogen-bond acceptors (Lipinski definition) is 4. The third-order valence-electron chi connectivity index (χ3n) is 3.94. The summed E-state index contributed by atoms with van der Waals surface area (Å²) in [6.07, 6.45) is 0. The minimum absolute atomic E-state index is 0.203. The Morgan fingerprint density at radius 3 is 2.33 bits per heavy atom. The topological polar surface area (TPSA) is 43.1 Å². The molecule has 1 unspecified atom stereocenters. The molecule has 0 fully saturated rings. The van der Waals surface area contributed by atoms with Gasteiger partial charge < -0.3 is 0 Å². The van der Waals surface area contributed by atoms with Crippen molar-refractivity contribution in [3.8, 4) is 11.4 Å². The molecule has 1 aliphatic heterocycles. The molecule has 0 aliphatic carbocycles. The first-order chi connectivity index (χ1) is 11.6. The van der Waals surface area contributed by atoms with E-state index in [2.05, 4.69) is 36.2 Å². The highest BCUT2D eigenvalue weighted by molar-refractivity contribution is 8.00. The maximum atomic E-state index is 6.00. The van der Waals surface area contributed by atoms with Crippen molar-refractivity contribution in [3.63, 3.8) is 0 Å². The lowest BCUT2D eigenvalue weighted by atomic mass is 10.1. The minimum Gasteiger partial charge on any atom is -0.187 e. The second-order valence-corrected chi connectivity index (χ2v) is 7.48. The van der Waals surface area contributed by atoms with Crippen LogP contribution >= 0.6 is 23.4 Å². The fourth-order valence-electron chi connectivity index (χ4n) is 2.63. The van der Waals surface area contributed by atoms with Gasteiger partial charge in [-0.1, -0.05) is 65.3 Å². The summed E-state index contributed by atoms with van der Waals surface area (Å²) in [5, 5.41) is 15.2. The van der Waals surface area contributed by atoms with Crippen LogP contribution in [-0.2, 0) is 0 Å². The number of aromatic nitrogens is 3. The van der Waals surface area contributed by atoms with Crippen LogP contribution in [-0.4, -0.2) is 25.8 Å². The molecule has 3 aromatic rings. The molecule has 4 rings (SSSR count). The van der Waals surface area contributed by atoms with Gasteiger partial charge in [0.25, 0.3) is 0 Å². The van der Waals surface area contributed by atoms with E-state index in [1.54, 1.807) is 11.8 Å². The Kier molecular flexibility index (Phi) is 3.90. The van der Waals surface area contributed by atoms with Crippen LogP contribution in [0.4, 0.5) is 0 Å². The van der Waals surface area contributed by atoms with Crippen molar-refractivity contribution in [1.82, 2.24) is 14.9 Å². The Hall–Kier alpha value is -2.11. The largest absolute Gasteiger partial charge is 0.213 e. The van der Waals surface area contributed by atoms with E-state index in [0.717, 1.165) is 32.8 Å². The van der Waals surface area contributed by atoms with Gasteiger partial charge in [0.05, 0.1) is 11.0 Å². The molecule has 4 nitrogen and oxygen atoms in total. The molecule has 24 heavy (non-hydrogen) atoms. The Balaban J connectivity index is 1.81. The summed E-state index contributed by atoms with van der Waals surface area (Å²) < 4.78 is 1.83. The van der Waals surface area contributed by atoms with Crippen LogP contribution in [0.1, 0.15) is 18.1 Å². The van der Waals surface area contributed by atoms with E-state index < -0.39 is 0 Å². The summed E-state index contributed by atoms with van der Waals surface area (Å²) in [6.45, 7) is 4.19. The van der Waals surface area contributed by atoms with Crippen molar-refractivity contribution >= 4 is 29.1 Å². The van der Waals surface area contributed by atoms with Crippen LogP contribution in [0.3, 0.4) is 0 Å². The zero-order valence-corrected chi connectivity index (χ0v) is 14.8.